The van der Waals surface area contributed by atoms with E-state index < -0.39 is 0 Å². The first-order valence-corrected chi connectivity index (χ1v) is 9.97. The van der Waals surface area contributed by atoms with Crippen LogP contribution in [0.1, 0.15) is 11.1 Å². The first-order chi connectivity index (χ1) is 14.8. The third-order valence-electron chi connectivity index (χ3n) is 4.39. The van der Waals surface area contributed by atoms with Gasteiger partial charge in [0, 0.05) is 16.8 Å². The van der Waals surface area contributed by atoms with Gasteiger partial charge in [-0.3, -0.25) is 4.99 Å². The zero-order valence-corrected chi connectivity index (χ0v) is 17.0. The van der Waals surface area contributed by atoms with Crippen molar-refractivity contribution in [2.24, 2.45) is 4.99 Å². The van der Waals surface area contributed by atoms with Gasteiger partial charge in [0.15, 0.2) is 0 Å². The summed E-state index contributed by atoms with van der Waals surface area (Å²) in [6, 6.07) is 32.8. The minimum atomic E-state index is 0.420. The largest absolute Gasteiger partial charge is 0.489 e. The lowest BCUT2D eigenvalue weighted by molar-refractivity contribution is 0.306. The maximum Gasteiger partial charge on any atom is 0.127 e. The Morgan fingerprint density at radius 2 is 1.40 bits per heavy atom. The summed E-state index contributed by atoms with van der Waals surface area (Å²) in [7, 11) is 0. The van der Waals surface area contributed by atoms with E-state index in [4.69, 9.17) is 21.1 Å². The van der Waals surface area contributed by atoms with Gasteiger partial charge in [0.25, 0.3) is 0 Å². The minimum Gasteiger partial charge on any atom is -0.489 e. The van der Waals surface area contributed by atoms with Crippen LogP contribution >= 0.6 is 11.6 Å². The third kappa shape index (κ3) is 5.49. The number of hydrogen-bond acceptors (Lipinski definition) is 3. The molecule has 0 atom stereocenters. The Bertz CT molecular complexity index is 1130. The van der Waals surface area contributed by atoms with E-state index in [1.54, 1.807) is 0 Å². The molecule has 4 aromatic rings. The van der Waals surface area contributed by atoms with Crippen molar-refractivity contribution >= 4 is 23.5 Å². The summed E-state index contributed by atoms with van der Waals surface area (Å²) in [5.74, 6) is 2.35. The van der Waals surface area contributed by atoms with E-state index in [0.29, 0.717) is 11.6 Å². The highest BCUT2D eigenvalue weighted by atomic mass is 35.5. The van der Waals surface area contributed by atoms with Crippen LogP contribution in [0.3, 0.4) is 0 Å². The van der Waals surface area contributed by atoms with Crippen molar-refractivity contribution in [1.82, 2.24) is 0 Å². The molecule has 0 saturated heterocycles. The average molecular weight is 414 g/mol. The van der Waals surface area contributed by atoms with Gasteiger partial charge >= 0.3 is 0 Å². The topological polar surface area (TPSA) is 30.8 Å². The zero-order chi connectivity index (χ0) is 20.6. The van der Waals surface area contributed by atoms with E-state index >= 15 is 0 Å². The number of aliphatic imine (C=N–C) groups is 1. The van der Waals surface area contributed by atoms with Gasteiger partial charge in [-0.2, -0.15) is 0 Å². The highest BCUT2D eigenvalue weighted by Crippen LogP contribution is 2.24. The summed E-state index contributed by atoms with van der Waals surface area (Å²) in [5, 5.41) is 0.704. The molecule has 0 bridgehead atoms. The van der Waals surface area contributed by atoms with E-state index in [0.717, 1.165) is 34.1 Å². The maximum absolute atomic E-state index is 6.19. The molecule has 0 N–H and O–H groups in total. The molecular formula is C26H20ClNO2. The number of halogens is 1. The van der Waals surface area contributed by atoms with E-state index in [2.05, 4.69) is 4.99 Å². The summed E-state index contributed by atoms with van der Waals surface area (Å²) in [6.07, 6.45) is 1.81. The summed E-state index contributed by atoms with van der Waals surface area (Å²) in [4.78, 5) is 4.54. The molecule has 30 heavy (non-hydrogen) atoms. The van der Waals surface area contributed by atoms with Crippen molar-refractivity contribution in [3.8, 4) is 17.2 Å². The lowest BCUT2D eigenvalue weighted by atomic mass is 10.2. The molecule has 0 radical (unpaired) electrons. The van der Waals surface area contributed by atoms with Gasteiger partial charge in [0.1, 0.15) is 23.9 Å². The average Bonchev–Trinajstić information content (AvgIpc) is 2.79. The van der Waals surface area contributed by atoms with Crippen LogP contribution in [0.15, 0.2) is 108 Å². The minimum absolute atomic E-state index is 0.420. The SMILES string of the molecule is Clc1ccccc1COc1cccc(C=Nc2ccc(Oc3ccccc3)cc2)c1. The molecule has 0 aliphatic heterocycles. The van der Waals surface area contributed by atoms with Crippen LogP contribution < -0.4 is 9.47 Å². The number of benzene rings is 4. The Morgan fingerprint density at radius 3 is 2.20 bits per heavy atom. The lowest BCUT2D eigenvalue weighted by Gasteiger charge is -2.08. The fraction of sp³-hybridized carbons (Fsp3) is 0.0385. The fourth-order valence-corrected chi connectivity index (χ4v) is 3.03. The van der Waals surface area contributed by atoms with Gasteiger partial charge in [-0.15, -0.1) is 0 Å². The van der Waals surface area contributed by atoms with E-state index in [-0.39, 0.29) is 0 Å². The van der Waals surface area contributed by atoms with Crippen LogP contribution in [-0.4, -0.2) is 6.21 Å². The molecule has 0 saturated carbocycles. The summed E-state index contributed by atoms with van der Waals surface area (Å²) in [5.41, 5.74) is 2.75. The summed E-state index contributed by atoms with van der Waals surface area (Å²) < 4.78 is 11.7. The molecule has 0 aromatic heterocycles. The fourth-order valence-electron chi connectivity index (χ4n) is 2.84. The normalized spacial score (nSPS) is 10.8. The second-order valence-corrected chi connectivity index (χ2v) is 7.03. The zero-order valence-electron chi connectivity index (χ0n) is 16.2. The number of rotatable bonds is 7. The number of ether oxygens (including phenoxy) is 2. The number of para-hydroxylation sites is 1. The first-order valence-electron chi connectivity index (χ1n) is 9.59. The van der Waals surface area contributed by atoms with Crippen LogP contribution in [0.25, 0.3) is 0 Å². The van der Waals surface area contributed by atoms with Crippen molar-refractivity contribution in [2.75, 3.05) is 0 Å². The van der Waals surface area contributed by atoms with Crippen LogP contribution in [0.2, 0.25) is 5.02 Å². The van der Waals surface area contributed by atoms with E-state index in [9.17, 15) is 0 Å². The van der Waals surface area contributed by atoms with Gasteiger partial charge in [0.2, 0.25) is 0 Å². The molecular weight excluding hydrogens is 394 g/mol. The summed E-state index contributed by atoms with van der Waals surface area (Å²) in [6.45, 7) is 0.420. The molecule has 4 heteroatoms. The van der Waals surface area contributed by atoms with Gasteiger partial charge < -0.3 is 9.47 Å². The Hall–Kier alpha value is -3.56. The molecule has 4 rings (SSSR count). The molecule has 4 aromatic carbocycles. The number of hydrogen-bond donors (Lipinski definition) is 0. The molecule has 0 aliphatic rings. The molecule has 0 fully saturated rings. The molecule has 0 aliphatic carbocycles. The van der Waals surface area contributed by atoms with Crippen molar-refractivity contribution in [2.45, 2.75) is 6.61 Å². The van der Waals surface area contributed by atoms with Crippen LogP contribution in [0.5, 0.6) is 17.2 Å². The predicted molar refractivity (Wildman–Crippen MR) is 122 cm³/mol. The van der Waals surface area contributed by atoms with Crippen LogP contribution in [-0.2, 0) is 6.61 Å². The number of nitrogens with zero attached hydrogens (tertiary/aromatic N) is 1. The van der Waals surface area contributed by atoms with Gasteiger partial charge in [-0.1, -0.05) is 60.1 Å². The highest BCUT2D eigenvalue weighted by Gasteiger charge is 2.01. The first kappa shape index (κ1) is 19.7. The van der Waals surface area contributed by atoms with Gasteiger partial charge in [0.05, 0.1) is 5.69 Å². The Balaban J connectivity index is 1.38. The van der Waals surface area contributed by atoms with Crippen molar-refractivity contribution in [3.05, 3.63) is 119 Å². The Kier molecular flexibility index (Phi) is 6.43. The van der Waals surface area contributed by atoms with Crippen LogP contribution in [0.4, 0.5) is 5.69 Å². The van der Waals surface area contributed by atoms with Gasteiger partial charge in [-0.25, -0.2) is 0 Å². The third-order valence-corrected chi connectivity index (χ3v) is 4.76. The monoisotopic (exact) mass is 413 g/mol. The van der Waals surface area contributed by atoms with Crippen molar-refractivity contribution in [1.29, 1.82) is 0 Å². The molecule has 0 unspecified atom stereocenters. The Labute approximate surface area is 181 Å². The Morgan fingerprint density at radius 1 is 0.700 bits per heavy atom. The molecule has 0 amide bonds. The van der Waals surface area contributed by atoms with Crippen LogP contribution in [0, 0.1) is 0 Å². The van der Waals surface area contributed by atoms with Gasteiger partial charge in [-0.05, 0) is 60.2 Å². The lowest BCUT2D eigenvalue weighted by Crippen LogP contribution is -1.96. The standard InChI is InChI=1S/C26H20ClNO2/c27-26-12-5-4-8-21(26)19-29-25-11-6-7-20(17-25)18-28-22-13-15-24(16-14-22)30-23-9-2-1-3-10-23/h1-18H,19H2. The molecule has 0 spiro atoms. The quantitative estimate of drug-likeness (QED) is 0.294. The molecule has 3 nitrogen and oxygen atoms in total. The smallest absolute Gasteiger partial charge is 0.127 e. The maximum atomic E-state index is 6.19. The molecule has 0 heterocycles. The second kappa shape index (κ2) is 9.77. The van der Waals surface area contributed by atoms with E-state index in [1.807, 2.05) is 109 Å². The van der Waals surface area contributed by atoms with E-state index in [1.165, 1.54) is 0 Å². The van der Waals surface area contributed by atoms with Crippen molar-refractivity contribution in [3.63, 3.8) is 0 Å². The second-order valence-electron chi connectivity index (χ2n) is 6.62. The predicted octanol–water partition coefficient (Wildman–Crippen LogP) is 7.46. The summed E-state index contributed by atoms with van der Waals surface area (Å²) >= 11 is 6.19. The molecule has 148 valence electrons. The highest BCUT2D eigenvalue weighted by molar-refractivity contribution is 6.31. The van der Waals surface area contributed by atoms with Crippen molar-refractivity contribution < 1.29 is 9.47 Å².